The average molecular weight is 152 g/mol. The fraction of sp³-hybridized carbons (Fsp3) is 0.818. The SMILES string of the molecule is C#CCC(CC)C(C)C(C)C. The maximum Gasteiger partial charge on any atom is 0.0117 e. The summed E-state index contributed by atoms with van der Waals surface area (Å²) in [7, 11) is 0. The van der Waals surface area contributed by atoms with Gasteiger partial charge in [-0.15, -0.1) is 12.3 Å². The van der Waals surface area contributed by atoms with E-state index in [-0.39, 0.29) is 0 Å². The second-order valence-corrected chi connectivity index (χ2v) is 3.68. The van der Waals surface area contributed by atoms with Gasteiger partial charge in [0.25, 0.3) is 0 Å². The van der Waals surface area contributed by atoms with Gasteiger partial charge in [0.05, 0.1) is 0 Å². The number of hydrogen-bond donors (Lipinski definition) is 0. The summed E-state index contributed by atoms with van der Waals surface area (Å²) in [6.07, 6.45) is 7.45. The highest BCUT2D eigenvalue weighted by atomic mass is 14.2. The van der Waals surface area contributed by atoms with Gasteiger partial charge in [0.2, 0.25) is 0 Å². The first-order valence-corrected chi connectivity index (χ1v) is 4.56. The second kappa shape index (κ2) is 5.24. The molecule has 0 fully saturated rings. The largest absolute Gasteiger partial charge is 0.120 e. The molecule has 0 aromatic heterocycles. The molecule has 0 N–H and O–H groups in total. The number of terminal acetylenes is 1. The topological polar surface area (TPSA) is 0 Å². The molecule has 64 valence electrons. The highest BCUT2D eigenvalue weighted by Crippen LogP contribution is 2.25. The molecule has 0 spiro atoms. The Labute approximate surface area is 71.4 Å². The molecule has 11 heavy (non-hydrogen) atoms. The molecule has 0 aromatic carbocycles. The highest BCUT2D eigenvalue weighted by molar-refractivity contribution is 4.88. The van der Waals surface area contributed by atoms with Crippen LogP contribution < -0.4 is 0 Å². The Balaban J connectivity index is 3.93. The average Bonchev–Trinajstić information content (AvgIpc) is 1.98. The van der Waals surface area contributed by atoms with E-state index in [1.54, 1.807) is 0 Å². The minimum absolute atomic E-state index is 0.722. The molecule has 0 saturated carbocycles. The molecule has 0 aromatic rings. The molecule has 0 aliphatic carbocycles. The first-order valence-electron chi connectivity index (χ1n) is 4.56. The lowest BCUT2D eigenvalue weighted by Crippen LogP contribution is -2.15. The van der Waals surface area contributed by atoms with Crippen molar-refractivity contribution in [3.05, 3.63) is 0 Å². The van der Waals surface area contributed by atoms with E-state index in [4.69, 9.17) is 6.42 Å². The standard InChI is InChI=1S/C11H20/c1-6-8-11(7-2)10(5)9(3)4/h1,9-11H,7-8H2,2-5H3. The first kappa shape index (κ1) is 10.6. The van der Waals surface area contributed by atoms with E-state index in [1.807, 2.05) is 0 Å². The summed E-state index contributed by atoms with van der Waals surface area (Å²) < 4.78 is 0. The van der Waals surface area contributed by atoms with Crippen LogP contribution in [-0.4, -0.2) is 0 Å². The third-order valence-electron chi connectivity index (χ3n) is 2.70. The lowest BCUT2D eigenvalue weighted by molar-refractivity contribution is 0.274. The van der Waals surface area contributed by atoms with Gasteiger partial charge in [0.15, 0.2) is 0 Å². The summed E-state index contributed by atoms with van der Waals surface area (Å²) in [5, 5.41) is 0. The third-order valence-corrected chi connectivity index (χ3v) is 2.70. The molecule has 0 nitrogen and oxygen atoms in total. The summed E-state index contributed by atoms with van der Waals surface area (Å²) in [5.74, 6) is 4.99. The lowest BCUT2D eigenvalue weighted by Gasteiger charge is -2.23. The molecule has 0 heteroatoms. The third kappa shape index (κ3) is 3.46. The minimum atomic E-state index is 0.722. The molecule has 0 bridgehead atoms. The zero-order valence-corrected chi connectivity index (χ0v) is 8.22. The van der Waals surface area contributed by atoms with Crippen LogP contribution in [0.25, 0.3) is 0 Å². The molecule has 2 unspecified atom stereocenters. The van der Waals surface area contributed by atoms with Crippen molar-refractivity contribution in [2.24, 2.45) is 17.8 Å². The van der Waals surface area contributed by atoms with Crippen molar-refractivity contribution in [1.29, 1.82) is 0 Å². The van der Waals surface area contributed by atoms with Crippen molar-refractivity contribution in [2.45, 2.75) is 40.5 Å². The zero-order chi connectivity index (χ0) is 8.85. The first-order chi connectivity index (χ1) is 5.13. The van der Waals surface area contributed by atoms with Gasteiger partial charge < -0.3 is 0 Å². The van der Waals surface area contributed by atoms with Crippen LogP contribution in [0.3, 0.4) is 0 Å². The summed E-state index contributed by atoms with van der Waals surface area (Å²) in [5.41, 5.74) is 0. The molecule has 0 saturated heterocycles. The van der Waals surface area contributed by atoms with E-state index < -0.39 is 0 Å². The Morgan fingerprint density at radius 3 is 2.09 bits per heavy atom. The molecular weight excluding hydrogens is 132 g/mol. The summed E-state index contributed by atoms with van der Waals surface area (Å²) >= 11 is 0. The van der Waals surface area contributed by atoms with E-state index in [9.17, 15) is 0 Å². The fourth-order valence-corrected chi connectivity index (χ4v) is 1.40. The summed E-state index contributed by atoms with van der Waals surface area (Å²) in [6.45, 7) is 9.06. The molecule has 2 atom stereocenters. The van der Waals surface area contributed by atoms with Crippen LogP contribution in [0.1, 0.15) is 40.5 Å². The van der Waals surface area contributed by atoms with Crippen LogP contribution in [0.15, 0.2) is 0 Å². The Kier molecular flexibility index (Phi) is 5.03. The number of hydrogen-bond acceptors (Lipinski definition) is 0. The van der Waals surface area contributed by atoms with Gasteiger partial charge >= 0.3 is 0 Å². The Bertz CT molecular complexity index is 127. The van der Waals surface area contributed by atoms with E-state index in [0.717, 1.165) is 24.2 Å². The van der Waals surface area contributed by atoms with Crippen molar-refractivity contribution in [1.82, 2.24) is 0 Å². The van der Waals surface area contributed by atoms with E-state index in [2.05, 4.69) is 33.6 Å². The van der Waals surface area contributed by atoms with Crippen LogP contribution in [-0.2, 0) is 0 Å². The molecular formula is C11H20. The van der Waals surface area contributed by atoms with Gasteiger partial charge in [-0.1, -0.05) is 34.1 Å². The molecule has 0 aliphatic heterocycles. The van der Waals surface area contributed by atoms with Gasteiger partial charge in [0, 0.05) is 6.42 Å². The second-order valence-electron chi connectivity index (χ2n) is 3.68. The lowest BCUT2D eigenvalue weighted by atomic mass is 9.82. The molecule has 0 radical (unpaired) electrons. The Morgan fingerprint density at radius 2 is 1.82 bits per heavy atom. The highest BCUT2D eigenvalue weighted by Gasteiger charge is 2.16. The predicted molar refractivity (Wildman–Crippen MR) is 51.2 cm³/mol. The Morgan fingerprint density at radius 1 is 1.27 bits per heavy atom. The van der Waals surface area contributed by atoms with Crippen molar-refractivity contribution in [3.63, 3.8) is 0 Å². The van der Waals surface area contributed by atoms with E-state index in [1.165, 1.54) is 6.42 Å². The van der Waals surface area contributed by atoms with Crippen LogP contribution >= 0.6 is 0 Å². The van der Waals surface area contributed by atoms with Crippen LogP contribution in [0.2, 0.25) is 0 Å². The van der Waals surface area contributed by atoms with Gasteiger partial charge in [-0.3, -0.25) is 0 Å². The van der Waals surface area contributed by atoms with Crippen molar-refractivity contribution in [2.75, 3.05) is 0 Å². The fourth-order valence-electron chi connectivity index (χ4n) is 1.40. The van der Waals surface area contributed by atoms with Gasteiger partial charge in [-0.2, -0.15) is 0 Å². The van der Waals surface area contributed by atoms with Crippen molar-refractivity contribution in [3.8, 4) is 12.3 Å². The van der Waals surface area contributed by atoms with Crippen LogP contribution in [0.5, 0.6) is 0 Å². The summed E-state index contributed by atoms with van der Waals surface area (Å²) in [6, 6.07) is 0. The Hall–Kier alpha value is -0.440. The van der Waals surface area contributed by atoms with Gasteiger partial charge in [-0.25, -0.2) is 0 Å². The molecule has 0 rings (SSSR count). The van der Waals surface area contributed by atoms with Gasteiger partial charge in [0.1, 0.15) is 0 Å². The van der Waals surface area contributed by atoms with Crippen molar-refractivity contribution < 1.29 is 0 Å². The summed E-state index contributed by atoms with van der Waals surface area (Å²) in [4.78, 5) is 0. The smallest absolute Gasteiger partial charge is 0.0117 e. The maximum atomic E-state index is 5.29. The van der Waals surface area contributed by atoms with Crippen LogP contribution in [0, 0.1) is 30.1 Å². The van der Waals surface area contributed by atoms with Gasteiger partial charge in [-0.05, 0) is 17.8 Å². The minimum Gasteiger partial charge on any atom is -0.120 e. The molecule has 0 heterocycles. The predicted octanol–water partition coefficient (Wildman–Crippen LogP) is 3.33. The quantitative estimate of drug-likeness (QED) is 0.542. The van der Waals surface area contributed by atoms with E-state index in [0.29, 0.717) is 0 Å². The normalized spacial score (nSPS) is 16.0. The van der Waals surface area contributed by atoms with E-state index >= 15 is 0 Å². The zero-order valence-electron chi connectivity index (χ0n) is 8.22. The monoisotopic (exact) mass is 152 g/mol. The van der Waals surface area contributed by atoms with Crippen LogP contribution in [0.4, 0.5) is 0 Å². The molecule has 0 amide bonds. The van der Waals surface area contributed by atoms with Crippen molar-refractivity contribution >= 4 is 0 Å². The molecule has 0 aliphatic rings. The number of rotatable bonds is 4. The maximum absolute atomic E-state index is 5.29.